The molecule has 6 heteroatoms. The molecule has 18 heavy (non-hydrogen) atoms. The number of ether oxygens (including phenoxy) is 1. The summed E-state index contributed by atoms with van der Waals surface area (Å²) in [5, 5.41) is 3.16. The minimum atomic E-state index is -4.24. The summed E-state index contributed by atoms with van der Waals surface area (Å²) in [6, 6.07) is 0. The molecule has 1 saturated carbocycles. The Balaban J connectivity index is 2.09. The molecule has 1 rings (SSSR count). The highest BCUT2D eigenvalue weighted by Gasteiger charge is 2.30. The van der Waals surface area contributed by atoms with Crippen LogP contribution in [-0.2, 0) is 4.74 Å². The van der Waals surface area contributed by atoms with Crippen LogP contribution in [-0.4, -0.2) is 38.4 Å². The Labute approximate surface area is 111 Å². The summed E-state index contributed by atoms with van der Waals surface area (Å²) >= 11 is 6.02. The van der Waals surface area contributed by atoms with Gasteiger partial charge in [0.15, 0.2) is 0 Å². The van der Waals surface area contributed by atoms with Crippen molar-refractivity contribution in [3.8, 4) is 0 Å². The van der Waals surface area contributed by atoms with Gasteiger partial charge in [-0.2, -0.15) is 13.2 Å². The van der Waals surface area contributed by atoms with Crippen LogP contribution in [0.2, 0.25) is 0 Å². The van der Waals surface area contributed by atoms with Crippen molar-refractivity contribution in [2.45, 2.75) is 38.3 Å². The van der Waals surface area contributed by atoms with Gasteiger partial charge < -0.3 is 10.1 Å². The van der Waals surface area contributed by atoms with E-state index in [1.54, 1.807) is 0 Å². The fraction of sp³-hybridized carbons (Fsp3) is 1.00. The zero-order valence-electron chi connectivity index (χ0n) is 10.5. The first kappa shape index (κ1) is 16.1. The molecule has 1 N–H and O–H groups in total. The van der Waals surface area contributed by atoms with Crippen LogP contribution >= 0.6 is 11.6 Å². The highest BCUT2D eigenvalue weighted by atomic mass is 35.5. The maximum absolute atomic E-state index is 11.8. The molecular formula is C12H21ClF3NO. The molecule has 0 radical (unpaired) electrons. The largest absolute Gasteiger partial charge is 0.411 e. The smallest absolute Gasteiger partial charge is 0.371 e. The second kappa shape index (κ2) is 7.56. The Hall–Kier alpha value is 0. The molecule has 0 aromatic carbocycles. The number of rotatable bonds is 7. The lowest BCUT2D eigenvalue weighted by molar-refractivity contribution is -0.173. The van der Waals surface area contributed by atoms with Crippen molar-refractivity contribution in [3.63, 3.8) is 0 Å². The number of nitrogens with one attached hydrogen (secondary N) is 1. The van der Waals surface area contributed by atoms with E-state index in [1.807, 2.05) is 0 Å². The monoisotopic (exact) mass is 287 g/mol. The van der Waals surface area contributed by atoms with E-state index in [-0.39, 0.29) is 12.0 Å². The van der Waals surface area contributed by atoms with Crippen molar-refractivity contribution in [2.75, 3.05) is 32.2 Å². The number of halogens is 4. The molecule has 1 aliphatic rings. The first-order chi connectivity index (χ1) is 8.47. The standard InChI is InChI=1S/C12H21ClF3NO/c13-8-11(4-2-1-3-5-11)9-17-6-7-18-10-12(14,15)16/h17H,1-10H2. The first-order valence-electron chi connectivity index (χ1n) is 6.39. The second-order valence-electron chi connectivity index (χ2n) is 5.04. The SMILES string of the molecule is FC(F)(F)COCCNCC1(CCl)CCCCC1. The maximum Gasteiger partial charge on any atom is 0.411 e. The summed E-state index contributed by atoms with van der Waals surface area (Å²) in [4.78, 5) is 0. The minimum Gasteiger partial charge on any atom is -0.371 e. The number of hydrogen-bond donors (Lipinski definition) is 1. The van der Waals surface area contributed by atoms with Crippen molar-refractivity contribution in [1.82, 2.24) is 5.32 Å². The lowest BCUT2D eigenvalue weighted by Gasteiger charge is -2.35. The summed E-state index contributed by atoms with van der Waals surface area (Å²) < 4.78 is 40.0. The van der Waals surface area contributed by atoms with E-state index in [0.717, 1.165) is 19.4 Å². The molecule has 0 spiro atoms. The maximum atomic E-state index is 11.8. The third-order valence-electron chi connectivity index (χ3n) is 3.39. The second-order valence-corrected chi connectivity index (χ2v) is 5.31. The molecule has 1 fully saturated rings. The van der Waals surface area contributed by atoms with Crippen LogP contribution in [0.1, 0.15) is 32.1 Å². The van der Waals surface area contributed by atoms with Gasteiger partial charge in [0.1, 0.15) is 6.61 Å². The van der Waals surface area contributed by atoms with Crippen molar-refractivity contribution >= 4 is 11.6 Å². The van der Waals surface area contributed by atoms with E-state index in [9.17, 15) is 13.2 Å². The molecule has 108 valence electrons. The lowest BCUT2D eigenvalue weighted by atomic mass is 9.75. The predicted octanol–water partition coefficient (Wildman–Crippen LogP) is 3.34. The molecule has 0 aliphatic heterocycles. The average molecular weight is 288 g/mol. The Morgan fingerprint density at radius 2 is 1.83 bits per heavy atom. The zero-order chi connectivity index (χ0) is 13.5. The fourth-order valence-corrected chi connectivity index (χ4v) is 2.71. The summed E-state index contributed by atoms with van der Waals surface area (Å²) in [7, 11) is 0. The van der Waals surface area contributed by atoms with Gasteiger partial charge in [0.2, 0.25) is 0 Å². The van der Waals surface area contributed by atoms with E-state index in [0.29, 0.717) is 12.4 Å². The molecule has 0 heterocycles. The summed E-state index contributed by atoms with van der Waals surface area (Å²) in [5.41, 5.74) is 0.129. The minimum absolute atomic E-state index is 0.0812. The van der Waals surface area contributed by atoms with E-state index in [2.05, 4.69) is 10.1 Å². The quantitative estimate of drug-likeness (QED) is 0.573. The molecule has 0 unspecified atom stereocenters. The molecular weight excluding hydrogens is 267 g/mol. The molecule has 2 nitrogen and oxygen atoms in total. The molecule has 0 atom stereocenters. The Bertz CT molecular complexity index is 230. The van der Waals surface area contributed by atoms with Gasteiger partial charge in [-0.1, -0.05) is 19.3 Å². The van der Waals surface area contributed by atoms with Crippen LogP contribution in [0.15, 0.2) is 0 Å². The van der Waals surface area contributed by atoms with Crippen LogP contribution in [0.3, 0.4) is 0 Å². The number of alkyl halides is 4. The molecule has 0 amide bonds. The van der Waals surface area contributed by atoms with Crippen LogP contribution in [0.25, 0.3) is 0 Å². The van der Waals surface area contributed by atoms with Gasteiger partial charge in [0.25, 0.3) is 0 Å². The van der Waals surface area contributed by atoms with Crippen LogP contribution in [0.4, 0.5) is 13.2 Å². The van der Waals surface area contributed by atoms with Gasteiger partial charge >= 0.3 is 6.18 Å². The average Bonchev–Trinajstić information content (AvgIpc) is 2.33. The molecule has 0 aromatic rings. The third-order valence-corrected chi connectivity index (χ3v) is 3.95. The zero-order valence-corrected chi connectivity index (χ0v) is 11.2. The van der Waals surface area contributed by atoms with Gasteiger partial charge in [0.05, 0.1) is 6.61 Å². The molecule has 0 saturated heterocycles. The highest BCUT2D eigenvalue weighted by Crippen LogP contribution is 2.36. The van der Waals surface area contributed by atoms with E-state index in [1.165, 1.54) is 19.3 Å². The van der Waals surface area contributed by atoms with E-state index in [4.69, 9.17) is 11.6 Å². The van der Waals surface area contributed by atoms with Gasteiger partial charge in [-0.25, -0.2) is 0 Å². The Morgan fingerprint density at radius 3 is 2.39 bits per heavy atom. The van der Waals surface area contributed by atoms with Gasteiger partial charge in [-0.3, -0.25) is 0 Å². The molecule has 0 bridgehead atoms. The summed E-state index contributed by atoms with van der Waals surface area (Å²) in [5.74, 6) is 0.614. The number of hydrogen-bond acceptors (Lipinski definition) is 2. The van der Waals surface area contributed by atoms with Crippen LogP contribution in [0.5, 0.6) is 0 Å². The van der Waals surface area contributed by atoms with Crippen molar-refractivity contribution in [1.29, 1.82) is 0 Å². The van der Waals surface area contributed by atoms with Crippen LogP contribution in [0, 0.1) is 5.41 Å². The first-order valence-corrected chi connectivity index (χ1v) is 6.92. The Morgan fingerprint density at radius 1 is 1.17 bits per heavy atom. The fourth-order valence-electron chi connectivity index (χ4n) is 2.35. The van der Waals surface area contributed by atoms with Crippen molar-refractivity contribution in [2.24, 2.45) is 5.41 Å². The van der Waals surface area contributed by atoms with Crippen molar-refractivity contribution in [3.05, 3.63) is 0 Å². The summed E-state index contributed by atoms with van der Waals surface area (Å²) in [6.45, 7) is 0.119. The predicted molar refractivity (Wildman–Crippen MR) is 66.0 cm³/mol. The van der Waals surface area contributed by atoms with Gasteiger partial charge in [-0.05, 0) is 18.3 Å². The van der Waals surface area contributed by atoms with Crippen LogP contribution < -0.4 is 5.32 Å². The highest BCUT2D eigenvalue weighted by molar-refractivity contribution is 6.18. The lowest BCUT2D eigenvalue weighted by Crippen LogP contribution is -2.39. The van der Waals surface area contributed by atoms with Gasteiger partial charge in [0, 0.05) is 19.0 Å². The Kier molecular flexibility index (Phi) is 6.74. The topological polar surface area (TPSA) is 21.3 Å². The summed E-state index contributed by atoms with van der Waals surface area (Å²) in [6.07, 6.45) is 1.62. The van der Waals surface area contributed by atoms with E-state index < -0.39 is 12.8 Å². The van der Waals surface area contributed by atoms with E-state index >= 15 is 0 Å². The molecule has 1 aliphatic carbocycles. The van der Waals surface area contributed by atoms with Gasteiger partial charge in [-0.15, -0.1) is 11.6 Å². The van der Waals surface area contributed by atoms with Crippen molar-refractivity contribution < 1.29 is 17.9 Å². The molecule has 0 aromatic heterocycles. The third kappa shape index (κ3) is 6.25. The normalized spacial score (nSPS) is 20.0.